The maximum absolute atomic E-state index is 12.4. The third kappa shape index (κ3) is 5.12. The van der Waals surface area contributed by atoms with Gasteiger partial charge in [-0.15, -0.1) is 0 Å². The van der Waals surface area contributed by atoms with E-state index in [1.807, 2.05) is 6.92 Å². The number of ketones is 1. The number of benzene rings is 1. The Balaban J connectivity index is 3.32. The summed E-state index contributed by atoms with van der Waals surface area (Å²) in [7, 11) is 0. The van der Waals surface area contributed by atoms with Crippen LogP contribution in [-0.4, -0.2) is 24.8 Å². The minimum atomic E-state index is -0.0764. The first-order chi connectivity index (χ1) is 10.4. The number of nitrogens with one attached hydrogen (secondary N) is 1. The van der Waals surface area contributed by atoms with Crippen molar-refractivity contribution in [2.45, 2.75) is 26.2 Å². The number of hydrogen-bond donors (Lipinski definition) is 2. The van der Waals surface area contributed by atoms with Crippen LogP contribution in [0.15, 0.2) is 0 Å². The van der Waals surface area contributed by atoms with Crippen LogP contribution >= 0.6 is 90.4 Å². The van der Waals surface area contributed by atoms with Gasteiger partial charge in [0.15, 0.2) is 5.78 Å². The van der Waals surface area contributed by atoms with Crippen molar-refractivity contribution >= 4 is 102 Å². The number of halogens is 4. The van der Waals surface area contributed by atoms with Gasteiger partial charge in [0.2, 0.25) is 0 Å². The maximum atomic E-state index is 12.4. The lowest BCUT2D eigenvalue weighted by atomic mass is 10.0. The topological polar surface area (TPSA) is 72.2 Å². The molecule has 8 heteroatoms. The molecule has 0 aliphatic rings. The van der Waals surface area contributed by atoms with Crippen molar-refractivity contribution in [3.05, 3.63) is 25.4 Å². The second-order valence-electron chi connectivity index (χ2n) is 4.58. The van der Waals surface area contributed by atoms with Gasteiger partial charge in [0, 0.05) is 32.8 Å². The molecule has 0 aromatic heterocycles. The Kier molecular flexibility index (Phi) is 9.95. The van der Waals surface area contributed by atoms with E-state index in [1.165, 1.54) is 0 Å². The number of carbonyl (C=O) groups is 2. The standard InChI is InChI=1S/C14H16I4N2O2/c1-2-6-20-14(22)9-12(17)10(15)8(11(16)13(9)18)7(21)4-3-5-19/h2-6,19H2,1H3,(H,20,22). The van der Waals surface area contributed by atoms with Crippen LogP contribution in [-0.2, 0) is 0 Å². The number of carbonyl (C=O) groups excluding carboxylic acids is 2. The van der Waals surface area contributed by atoms with E-state index in [9.17, 15) is 9.59 Å². The Morgan fingerprint density at radius 2 is 1.50 bits per heavy atom. The van der Waals surface area contributed by atoms with Crippen molar-refractivity contribution in [2.75, 3.05) is 13.1 Å². The summed E-state index contributed by atoms with van der Waals surface area (Å²) in [5.74, 6) is 0.0167. The summed E-state index contributed by atoms with van der Waals surface area (Å²) in [5.41, 5.74) is 6.87. The van der Waals surface area contributed by atoms with Gasteiger partial charge in [0.25, 0.3) is 5.91 Å². The SMILES string of the molecule is CCCNC(=O)c1c(I)c(I)c(C(=O)CCCN)c(I)c1I. The van der Waals surface area contributed by atoms with Crippen molar-refractivity contribution in [1.29, 1.82) is 0 Å². The van der Waals surface area contributed by atoms with Gasteiger partial charge in [-0.1, -0.05) is 6.92 Å². The molecule has 1 amide bonds. The van der Waals surface area contributed by atoms with Crippen LogP contribution < -0.4 is 11.1 Å². The predicted molar refractivity (Wildman–Crippen MR) is 123 cm³/mol. The van der Waals surface area contributed by atoms with Crippen LogP contribution in [0.4, 0.5) is 0 Å². The number of nitrogens with two attached hydrogens (primary N) is 1. The molecule has 1 rings (SSSR count). The van der Waals surface area contributed by atoms with Crippen molar-refractivity contribution in [1.82, 2.24) is 5.32 Å². The van der Waals surface area contributed by atoms with Crippen molar-refractivity contribution in [3.8, 4) is 0 Å². The van der Waals surface area contributed by atoms with Gasteiger partial charge in [0.1, 0.15) is 0 Å². The molecule has 122 valence electrons. The molecule has 3 N–H and O–H groups in total. The maximum Gasteiger partial charge on any atom is 0.253 e. The molecular weight excluding hydrogens is 736 g/mol. The molecule has 0 bridgehead atoms. The third-order valence-corrected chi connectivity index (χ3v) is 9.29. The van der Waals surface area contributed by atoms with Crippen LogP contribution in [0.5, 0.6) is 0 Å². The van der Waals surface area contributed by atoms with Crippen LogP contribution in [0, 0.1) is 14.3 Å². The van der Waals surface area contributed by atoms with E-state index in [4.69, 9.17) is 5.73 Å². The van der Waals surface area contributed by atoms with E-state index in [0.717, 1.165) is 26.3 Å². The fraction of sp³-hybridized carbons (Fsp3) is 0.429. The van der Waals surface area contributed by atoms with Crippen molar-refractivity contribution in [2.24, 2.45) is 5.73 Å². The summed E-state index contributed by atoms with van der Waals surface area (Å²) in [4.78, 5) is 24.8. The van der Waals surface area contributed by atoms with Crippen molar-refractivity contribution in [3.63, 3.8) is 0 Å². The lowest BCUT2D eigenvalue weighted by Crippen LogP contribution is -2.27. The van der Waals surface area contributed by atoms with Gasteiger partial charge in [-0.3, -0.25) is 9.59 Å². The molecule has 22 heavy (non-hydrogen) atoms. The summed E-state index contributed by atoms with van der Waals surface area (Å²) in [6, 6.07) is 0. The van der Waals surface area contributed by atoms with Crippen LogP contribution in [0.2, 0.25) is 0 Å². The monoisotopic (exact) mass is 752 g/mol. The Hall–Kier alpha value is 1.24. The molecule has 0 aliphatic heterocycles. The van der Waals surface area contributed by atoms with Gasteiger partial charge in [-0.05, 0) is 110 Å². The number of rotatable bonds is 7. The highest BCUT2D eigenvalue weighted by molar-refractivity contribution is 14.1. The minimum absolute atomic E-state index is 0.0764. The fourth-order valence-corrected chi connectivity index (χ4v) is 6.07. The van der Waals surface area contributed by atoms with E-state index in [-0.39, 0.29) is 11.7 Å². The summed E-state index contributed by atoms with van der Waals surface area (Å²) in [6.45, 7) is 3.17. The highest BCUT2D eigenvalue weighted by Gasteiger charge is 2.25. The molecule has 0 radical (unpaired) electrons. The second kappa shape index (κ2) is 10.3. The fourth-order valence-electron chi connectivity index (χ4n) is 1.79. The molecule has 0 spiro atoms. The molecule has 0 fully saturated rings. The van der Waals surface area contributed by atoms with Gasteiger partial charge in [-0.2, -0.15) is 0 Å². The first kappa shape index (κ1) is 21.3. The van der Waals surface area contributed by atoms with Crippen LogP contribution in [0.1, 0.15) is 46.9 Å². The summed E-state index contributed by atoms with van der Waals surface area (Å²) in [5, 5.41) is 2.91. The third-order valence-electron chi connectivity index (χ3n) is 2.91. The van der Waals surface area contributed by atoms with Gasteiger partial charge in [0.05, 0.1) is 5.56 Å². The average molecular weight is 752 g/mol. The summed E-state index contributed by atoms with van der Waals surface area (Å²) >= 11 is 8.64. The van der Waals surface area contributed by atoms with Gasteiger partial charge in [-0.25, -0.2) is 0 Å². The lowest BCUT2D eigenvalue weighted by Gasteiger charge is -2.16. The molecule has 0 saturated heterocycles. The van der Waals surface area contributed by atoms with Gasteiger partial charge >= 0.3 is 0 Å². The smallest absolute Gasteiger partial charge is 0.253 e. The van der Waals surface area contributed by atoms with E-state index in [0.29, 0.717) is 31.5 Å². The highest BCUT2D eigenvalue weighted by Crippen LogP contribution is 2.33. The second-order valence-corrected chi connectivity index (χ2v) is 8.89. The van der Waals surface area contributed by atoms with E-state index >= 15 is 0 Å². The quantitative estimate of drug-likeness (QED) is 0.250. The first-order valence-electron chi connectivity index (χ1n) is 6.74. The number of Topliss-reactive ketones (excluding diaryl/α,β-unsaturated/α-hetero) is 1. The zero-order valence-electron chi connectivity index (χ0n) is 11.9. The normalized spacial score (nSPS) is 10.6. The number of amides is 1. The van der Waals surface area contributed by atoms with E-state index < -0.39 is 0 Å². The van der Waals surface area contributed by atoms with Crippen LogP contribution in [0.3, 0.4) is 0 Å². The zero-order chi connectivity index (χ0) is 16.9. The highest BCUT2D eigenvalue weighted by atomic mass is 127. The van der Waals surface area contributed by atoms with Crippen LogP contribution in [0.25, 0.3) is 0 Å². The predicted octanol–water partition coefficient (Wildman–Crippen LogP) is 4.17. The molecule has 0 unspecified atom stereocenters. The molecule has 0 saturated carbocycles. The minimum Gasteiger partial charge on any atom is -0.352 e. The van der Waals surface area contributed by atoms with E-state index in [2.05, 4.69) is 95.7 Å². The summed E-state index contributed by atoms with van der Waals surface area (Å²) < 4.78 is 3.39. The Morgan fingerprint density at radius 1 is 1.00 bits per heavy atom. The molecular formula is C14H16I4N2O2. The molecule has 1 aromatic rings. The largest absolute Gasteiger partial charge is 0.352 e. The zero-order valence-corrected chi connectivity index (χ0v) is 20.6. The van der Waals surface area contributed by atoms with Gasteiger partial charge < -0.3 is 11.1 Å². The molecule has 1 aromatic carbocycles. The lowest BCUT2D eigenvalue weighted by molar-refractivity contribution is 0.0946. The van der Waals surface area contributed by atoms with E-state index in [1.54, 1.807) is 0 Å². The molecule has 4 nitrogen and oxygen atoms in total. The Labute approximate surface area is 185 Å². The number of hydrogen-bond acceptors (Lipinski definition) is 3. The Morgan fingerprint density at radius 3 is 1.95 bits per heavy atom. The molecule has 0 atom stereocenters. The molecule has 0 aliphatic carbocycles. The average Bonchev–Trinajstić information content (AvgIpc) is 2.49. The Bertz CT molecular complexity index is 511. The first-order valence-corrected chi connectivity index (χ1v) is 11.1. The summed E-state index contributed by atoms with van der Waals surface area (Å²) in [6.07, 6.45) is 2.01. The molecule has 0 heterocycles. The van der Waals surface area contributed by atoms with Crippen molar-refractivity contribution < 1.29 is 9.59 Å².